The Morgan fingerprint density at radius 3 is 3.00 bits per heavy atom. The van der Waals surface area contributed by atoms with Crippen LogP contribution in [0.25, 0.3) is 0 Å². The van der Waals surface area contributed by atoms with E-state index in [1.807, 2.05) is 13.0 Å². The first kappa shape index (κ1) is 12.4. The Bertz CT molecular complexity index is 355. The van der Waals surface area contributed by atoms with Gasteiger partial charge >= 0.3 is 5.97 Å². The second-order valence-electron chi connectivity index (χ2n) is 3.23. The summed E-state index contributed by atoms with van der Waals surface area (Å²) in [5.41, 5.74) is 6.47. The minimum absolute atomic E-state index is 0.357. The lowest BCUT2D eigenvalue weighted by Gasteiger charge is -2.12. The standard InChI is InChI=1S/C11H16N2O3/c1-3-16-10-8(5-4-6-13-10)7-9(12)11(14)15-2/h4-6,9H,3,7,12H2,1-2H3. The molecule has 0 saturated carbocycles. The highest BCUT2D eigenvalue weighted by molar-refractivity contribution is 5.75. The molecule has 0 spiro atoms. The largest absolute Gasteiger partial charge is 0.478 e. The molecule has 1 aromatic rings. The molecular formula is C11H16N2O3. The van der Waals surface area contributed by atoms with E-state index in [2.05, 4.69) is 9.72 Å². The molecule has 5 nitrogen and oxygen atoms in total. The van der Waals surface area contributed by atoms with E-state index in [0.717, 1.165) is 5.56 Å². The lowest BCUT2D eigenvalue weighted by Crippen LogP contribution is -2.33. The van der Waals surface area contributed by atoms with Crippen molar-refractivity contribution in [3.05, 3.63) is 23.9 Å². The van der Waals surface area contributed by atoms with Gasteiger partial charge < -0.3 is 15.2 Å². The zero-order valence-corrected chi connectivity index (χ0v) is 9.47. The number of carbonyl (C=O) groups is 1. The summed E-state index contributed by atoms with van der Waals surface area (Å²) in [5, 5.41) is 0. The second-order valence-corrected chi connectivity index (χ2v) is 3.23. The average Bonchev–Trinajstić information content (AvgIpc) is 2.31. The molecule has 1 rings (SSSR count). The predicted octanol–water partition coefficient (Wildman–Crippen LogP) is 0.523. The van der Waals surface area contributed by atoms with Gasteiger partial charge in [0, 0.05) is 18.2 Å². The van der Waals surface area contributed by atoms with Gasteiger partial charge in [-0.3, -0.25) is 4.79 Å². The number of pyridine rings is 1. The van der Waals surface area contributed by atoms with Crippen LogP contribution in [0.4, 0.5) is 0 Å². The molecular weight excluding hydrogens is 208 g/mol. The lowest BCUT2D eigenvalue weighted by molar-refractivity contribution is -0.142. The van der Waals surface area contributed by atoms with Crippen molar-refractivity contribution in [1.82, 2.24) is 4.98 Å². The maximum absolute atomic E-state index is 11.2. The monoisotopic (exact) mass is 224 g/mol. The van der Waals surface area contributed by atoms with Crippen LogP contribution in [-0.2, 0) is 16.0 Å². The smallest absolute Gasteiger partial charge is 0.322 e. The van der Waals surface area contributed by atoms with E-state index in [-0.39, 0.29) is 0 Å². The molecule has 0 fully saturated rings. The third-order valence-electron chi connectivity index (χ3n) is 2.07. The Kier molecular flexibility index (Phi) is 4.72. The summed E-state index contributed by atoms with van der Waals surface area (Å²) < 4.78 is 9.89. The number of hydrogen-bond donors (Lipinski definition) is 1. The Labute approximate surface area is 94.6 Å². The van der Waals surface area contributed by atoms with E-state index in [4.69, 9.17) is 10.5 Å². The molecule has 0 saturated heterocycles. The molecule has 1 aromatic heterocycles. The molecule has 0 aliphatic rings. The Hall–Kier alpha value is -1.62. The molecule has 0 aliphatic heterocycles. The first-order chi connectivity index (χ1) is 7.69. The van der Waals surface area contributed by atoms with Crippen LogP contribution in [0.15, 0.2) is 18.3 Å². The quantitative estimate of drug-likeness (QED) is 0.738. The van der Waals surface area contributed by atoms with Crippen molar-refractivity contribution >= 4 is 5.97 Å². The summed E-state index contributed by atoms with van der Waals surface area (Å²) >= 11 is 0. The first-order valence-electron chi connectivity index (χ1n) is 5.09. The normalized spacial score (nSPS) is 11.9. The van der Waals surface area contributed by atoms with E-state index in [9.17, 15) is 4.79 Å². The summed E-state index contributed by atoms with van der Waals surface area (Å²) in [6, 6.07) is 2.93. The van der Waals surface area contributed by atoms with E-state index >= 15 is 0 Å². The van der Waals surface area contributed by atoms with Gasteiger partial charge in [0.2, 0.25) is 5.88 Å². The predicted molar refractivity (Wildman–Crippen MR) is 59.1 cm³/mol. The molecule has 1 atom stereocenters. The summed E-state index contributed by atoms with van der Waals surface area (Å²) in [6.07, 6.45) is 1.99. The fraction of sp³-hybridized carbons (Fsp3) is 0.455. The molecule has 0 bridgehead atoms. The number of methoxy groups -OCH3 is 1. The molecule has 1 heterocycles. The second kappa shape index (κ2) is 6.07. The van der Waals surface area contributed by atoms with E-state index in [1.165, 1.54) is 7.11 Å². The third-order valence-corrected chi connectivity index (χ3v) is 2.07. The van der Waals surface area contributed by atoms with Crippen LogP contribution in [0, 0.1) is 0 Å². The molecule has 0 aliphatic carbocycles. The third kappa shape index (κ3) is 3.20. The van der Waals surface area contributed by atoms with Gasteiger partial charge in [-0.2, -0.15) is 0 Å². The van der Waals surface area contributed by atoms with E-state index in [1.54, 1.807) is 12.3 Å². The minimum Gasteiger partial charge on any atom is -0.478 e. The van der Waals surface area contributed by atoms with Crippen LogP contribution in [0.1, 0.15) is 12.5 Å². The average molecular weight is 224 g/mol. The van der Waals surface area contributed by atoms with Gasteiger partial charge in [-0.25, -0.2) is 4.98 Å². The highest BCUT2D eigenvalue weighted by Crippen LogP contribution is 2.15. The van der Waals surface area contributed by atoms with Crippen LogP contribution < -0.4 is 10.5 Å². The van der Waals surface area contributed by atoms with Crippen LogP contribution in [0.2, 0.25) is 0 Å². The molecule has 0 radical (unpaired) electrons. The number of nitrogens with two attached hydrogens (primary N) is 1. The van der Waals surface area contributed by atoms with Crippen molar-refractivity contribution < 1.29 is 14.3 Å². The number of nitrogens with zero attached hydrogens (tertiary/aromatic N) is 1. The number of hydrogen-bond acceptors (Lipinski definition) is 5. The van der Waals surface area contributed by atoms with Crippen molar-refractivity contribution in [3.8, 4) is 5.88 Å². The molecule has 1 unspecified atom stereocenters. The number of esters is 1. The molecule has 16 heavy (non-hydrogen) atoms. The van der Waals surface area contributed by atoms with E-state index < -0.39 is 12.0 Å². The number of ether oxygens (including phenoxy) is 2. The molecule has 0 aromatic carbocycles. The van der Waals surface area contributed by atoms with Crippen LogP contribution >= 0.6 is 0 Å². The molecule has 88 valence electrons. The number of carbonyl (C=O) groups excluding carboxylic acids is 1. The Balaban J connectivity index is 2.75. The fourth-order valence-corrected chi connectivity index (χ4v) is 1.32. The van der Waals surface area contributed by atoms with Crippen LogP contribution in [0.5, 0.6) is 5.88 Å². The summed E-state index contributed by atoms with van der Waals surface area (Å²) in [5.74, 6) is 0.0793. The van der Waals surface area contributed by atoms with Gasteiger partial charge in [0.1, 0.15) is 6.04 Å². The van der Waals surface area contributed by atoms with Crippen molar-refractivity contribution in [3.63, 3.8) is 0 Å². The molecule has 0 amide bonds. The topological polar surface area (TPSA) is 74.4 Å². The SMILES string of the molecule is CCOc1ncccc1CC(N)C(=O)OC. The van der Waals surface area contributed by atoms with Gasteiger partial charge in [-0.1, -0.05) is 6.07 Å². The summed E-state index contributed by atoms with van der Waals surface area (Å²) in [4.78, 5) is 15.3. The van der Waals surface area contributed by atoms with Gasteiger partial charge in [-0.05, 0) is 13.0 Å². The maximum atomic E-state index is 11.2. The minimum atomic E-state index is -0.687. The first-order valence-corrected chi connectivity index (χ1v) is 5.09. The van der Waals surface area contributed by atoms with Crippen molar-refractivity contribution in [2.45, 2.75) is 19.4 Å². The highest BCUT2D eigenvalue weighted by atomic mass is 16.5. The molecule has 5 heteroatoms. The fourth-order valence-electron chi connectivity index (χ4n) is 1.32. The van der Waals surface area contributed by atoms with Gasteiger partial charge in [0.25, 0.3) is 0 Å². The number of rotatable bonds is 5. The summed E-state index contributed by atoms with van der Waals surface area (Å²) in [7, 11) is 1.31. The van der Waals surface area contributed by atoms with Crippen LogP contribution in [-0.4, -0.2) is 30.7 Å². The van der Waals surface area contributed by atoms with Crippen molar-refractivity contribution in [1.29, 1.82) is 0 Å². The zero-order valence-electron chi connectivity index (χ0n) is 9.47. The van der Waals surface area contributed by atoms with Crippen molar-refractivity contribution in [2.24, 2.45) is 5.73 Å². The lowest BCUT2D eigenvalue weighted by atomic mass is 10.1. The van der Waals surface area contributed by atoms with Gasteiger partial charge in [-0.15, -0.1) is 0 Å². The van der Waals surface area contributed by atoms with E-state index in [0.29, 0.717) is 18.9 Å². The molecule has 2 N–H and O–H groups in total. The van der Waals surface area contributed by atoms with Gasteiger partial charge in [0.05, 0.1) is 13.7 Å². The maximum Gasteiger partial charge on any atom is 0.322 e. The van der Waals surface area contributed by atoms with Crippen molar-refractivity contribution in [2.75, 3.05) is 13.7 Å². The van der Waals surface area contributed by atoms with Gasteiger partial charge in [0.15, 0.2) is 0 Å². The zero-order chi connectivity index (χ0) is 12.0. The highest BCUT2D eigenvalue weighted by Gasteiger charge is 2.16. The number of aromatic nitrogens is 1. The summed E-state index contributed by atoms with van der Waals surface area (Å²) in [6.45, 7) is 2.40. The Morgan fingerprint density at radius 2 is 2.38 bits per heavy atom. The Morgan fingerprint density at radius 1 is 1.62 bits per heavy atom. The van der Waals surface area contributed by atoms with Crippen LogP contribution in [0.3, 0.4) is 0 Å².